The van der Waals surface area contributed by atoms with Crippen molar-refractivity contribution in [3.63, 3.8) is 0 Å². The van der Waals surface area contributed by atoms with Crippen molar-refractivity contribution >= 4 is 23.3 Å². The fourth-order valence-electron chi connectivity index (χ4n) is 5.57. The first-order valence-corrected chi connectivity index (χ1v) is 13.9. The Morgan fingerprint density at radius 2 is 1.98 bits per heavy atom. The lowest BCUT2D eigenvalue weighted by atomic mass is 10.1. The van der Waals surface area contributed by atoms with E-state index in [1.54, 1.807) is 33.9 Å². The quantitative estimate of drug-likeness (QED) is 0.302. The van der Waals surface area contributed by atoms with Crippen LogP contribution in [-0.4, -0.2) is 63.7 Å². The van der Waals surface area contributed by atoms with Gasteiger partial charge in [0.1, 0.15) is 17.8 Å². The van der Waals surface area contributed by atoms with Crippen molar-refractivity contribution in [1.29, 1.82) is 0 Å². The highest BCUT2D eigenvalue weighted by molar-refractivity contribution is 6.30. The largest absolute Gasteiger partial charge is 0.356 e. The number of nitrogens with one attached hydrogen (secondary N) is 1. The summed E-state index contributed by atoms with van der Waals surface area (Å²) in [6, 6.07) is 9.57. The third kappa shape index (κ3) is 5.06. The number of tetrazole rings is 1. The van der Waals surface area contributed by atoms with Crippen molar-refractivity contribution in [3.05, 3.63) is 82.7 Å². The Balaban J connectivity index is 1.14. The zero-order valence-corrected chi connectivity index (χ0v) is 23.4. The fraction of sp³-hybridized carbons (Fsp3) is 0.321. The van der Waals surface area contributed by atoms with Gasteiger partial charge in [-0.15, -0.1) is 5.10 Å². The minimum absolute atomic E-state index is 0.217. The molecule has 4 aromatic heterocycles. The first-order valence-electron chi connectivity index (χ1n) is 13.5. The van der Waals surface area contributed by atoms with E-state index in [1.165, 1.54) is 17.4 Å². The average molecular weight is 570 g/mol. The molecular weight excluding hydrogens is 542 g/mol. The van der Waals surface area contributed by atoms with Gasteiger partial charge in [-0.1, -0.05) is 17.7 Å². The van der Waals surface area contributed by atoms with Crippen LogP contribution in [0.2, 0.25) is 5.02 Å². The molecule has 2 fully saturated rings. The summed E-state index contributed by atoms with van der Waals surface area (Å²) >= 11 is 6.26. The summed E-state index contributed by atoms with van der Waals surface area (Å²) in [5.41, 5.74) is 5.26. The van der Waals surface area contributed by atoms with Crippen LogP contribution < -0.4 is 10.2 Å². The number of amides is 1. The van der Waals surface area contributed by atoms with E-state index in [0.29, 0.717) is 22.8 Å². The van der Waals surface area contributed by atoms with Crippen molar-refractivity contribution in [1.82, 2.24) is 50.1 Å². The Morgan fingerprint density at radius 3 is 2.71 bits per heavy atom. The van der Waals surface area contributed by atoms with Gasteiger partial charge in [-0.25, -0.2) is 9.67 Å². The van der Waals surface area contributed by atoms with E-state index in [4.69, 9.17) is 21.7 Å². The minimum atomic E-state index is -0.268. The number of hydrogen-bond acceptors (Lipinski definition) is 8. The van der Waals surface area contributed by atoms with Gasteiger partial charge in [0.2, 0.25) is 0 Å². The first-order chi connectivity index (χ1) is 19.9. The number of nitrogens with zero attached hydrogens (tertiary/aromatic N) is 10. The minimum Gasteiger partial charge on any atom is -0.356 e. The normalized spacial score (nSPS) is 17.6. The van der Waals surface area contributed by atoms with Gasteiger partial charge < -0.3 is 10.2 Å². The molecule has 0 radical (unpaired) electrons. The molecule has 2 atom stereocenters. The van der Waals surface area contributed by atoms with Crippen molar-refractivity contribution < 1.29 is 4.79 Å². The molecule has 5 aromatic rings. The Morgan fingerprint density at radius 1 is 1.12 bits per heavy atom. The number of fused-ring (bicyclic) bond motifs is 1. The maximum Gasteiger partial charge on any atom is 0.255 e. The Kier molecular flexibility index (Phi) is 6.26. The molecule has 41 heavy (non-hydrogen) atoms. The van der Waals surface area contributed by atoms with Crippen LogP contribution in [-0.2, 0) is 20.1 Å². The third-order valence-electron chi connectivity index (χ3n) is 7.88. The lowest BCUT2D eigenvalue weighted by molar-refractivity contribution is 0.0951. The van der Waals surface area contributed by atoms with E-state index < -0.39 is 0 Å². The van der Waals surface area contributed by atoms with E-state index in [0.717, 1.165) is 58.8 Å². The van der Waals surface area contributed by atoms with E-state index in [9.17, 15) is 4.79 Å². The number of carbonyl (C=O) groups is 1. The van der Waals surface area contributed by atoms with E-state index >= 15 is 0 Å². The Bertz CT molecular complexity index is 1730. The summed E-state index contributed by atoms with van der Waals surface area (Å²) in [7, 11) is 1.83. The van der Waals surface area contributed by atoms with Crippen molar-refractivity contribution in [2.45, 2.75) is 26.4 Å². The SMILES string of the molecule is Cc1nc(N2CC3CC3C2)ccc1Cn1cc(C(=O)NCc2cc(Cl)ccc2-n2cnnn2)c(-c2cnn(C)c2)n1. The number of halogens is 1. The highest BCUT2D eigenvalue weighted by Crippen LogP contribution is 2.46. The molecule has 1 amide bonds. The molecule has 13 heteroatoms. The Hall–Kier alpha value is -4.58. The predicted molar refractivity (Wildman–Crippen MR) is 152 cm³/mol. The van der Waals surface area contributed by atoms with Gasteiger partial charge in [-0.2, -0.15) is 10.2 Å². The highest BCUT2D eigenvalue weighted by Gasteiger charge is 2.45. The van der Waals surface area contributed by atoms with Crippen molar-refractivity contribution in [2.24, 2.45) is 18.9 Å². The van der Waals surface area contributed by atoms with Gasteiger partial charge in [-0.3, -0.25) is 14.2 Å². The maximum atomic E-state index is 13.6. The lowest BCUT2D eigenvalue weighted by Gasteiger charge is -2.20. The summed E-state index contributed by atoms with van der Waals surface area (Å²) in [6.45, 7) is 4.95. The number of pyridine rings is 1. The van der Waals surface area contributed by atoms with Crippen LogP contribution in [0.3, 0.4) is 0 Å². The monoisotopic (exact) mass is 569 g/mol. The van der Waals surface area contributed by atoms with Gasteiger partial charge in [0.05, 0.1) is 24.0 Å². The number of rotatable bonds is 8. The first kappa shape index (κ1) is 25.4. The van der Waals surface area contributed by atoms with Gasteiger partial charge in [0, 0.05) is 55.4 Å². The second-order valence-corrected chi connectivity index (χ2v) is 11.2. The molecule has 5 heterocycles. The molecule has 1 saturated heterocycles. The molecule has 1 N–H and O–H groups in total. The number of piperidine rings is 1. The van der Waals surface area contributed by atoms with E-state index in [1.807, 2.05) is 26.2 Å². The van der Waals surface area contributed by atoms with Gasteiger partial charge in [-0.05, 0) is 71.0 Å². The zero-order chi connectivity index (χ0) is 28.1. The summed E-state index contributed by atoms with van der Waals surface area (Å²) < 4.78 is 5.01. The average Bonchev–Trinajstić information content (AvgIpc) is 3.51. The Labute approximate surface area is 240 Å². The number of aromatic nitrogens is 9. The number of aryl methyl sites for hydroxylation is 2. The molecule has 1 saturated carbocycles. The van der Waals surface area contributed by atoms with Gasteiger partial charge in [0.25, 0.3) is 5.91 Å². The smallest absolute Gasteiger partial charge is 0.255 e. The summed E-state index contributed by atoms with van der Waals surface area (Å²) in [6.07, 6.45) is 8.19. The van der Waals surface area contributed by atoms with Crippen molar-refractivity contribution in [2.75, 3.05) is 18.0 Å². The van der Waals surface area contributed by atoms with Gasteiger partial charge >= 0.3 is 0 Å². The van der Waals surface area contributed by atoms with Crippen LogP contribution in [0.5, 0.6) is 0 Å². The lowest BCUT2D eigenvalue weighted by Crippen LogP contribution is -2.24. The molecule has 7 rings (SSSR count). The molecule has 12 nitrogen and oxygen atoms in total. The number of benzene rings is 1. The van der Waals surface area contributed by atoms with E-state index in [-0.39, 0.29) is 12.5 Å². The van der Waals surface area contributed by atoms with Crippen LogP contribution in [0.4, 0.5) is 5.82 Å². The molecule has 1 aromatic carbocycles. The van der Waals surface area contributed by atoms with Gasteiger partial charge in [0.15, 0.2) is 0 Å². The molecule has 0 spiro atoms. The number of anilines is 1. The van der Waals surface area contributed by atoms with Crippen LogP contribution in [0.25, 0.3) is 16.9 Å². The summed E-state index contributed by atoms with van der Waals surface area (Å²) in [5.74, 6) is 2.47. The topological polar surface area (TPSA) is 124 Å². The predicted octanol–water partition coefficient (Wildman–Crippen LogP) is 3.05. The van der Waals surface area contributed by atoms with Crippen LogP contribution in [0.15, 0.2) is 55.2 Å². The highest BCUT2D eigenvalue weighted by atomic mass is 35.5. The second-order valence-electron chi connectivity index (χ2n) is 10.8. The fourth-order valence-corrected chi connectivity index (χ4v) is 5.76. The summed E-state index contributed by atoms with van der Waals surface area (Å²) in [4.78, 5) is 20.8. The molecule has 1 aliphatic carbocycles. The van der Waals surface area contributed by atoms with E-state index in [2.05, 4.69) is 43.0 Å². The second kappa shape index (κ2) is 10.1. The summed E-state index contributed by atoms with van der Waals surface area (Å²) in [5, 5.41) is 24.1. The van der Waals surface area contributed by atoms with Crippen molar-refractivity contribution in [3.8, 4) is 16.9 Å². The number of carbonyl (C=O) groups excluding carboxylic acids is 1. The molecule has 2 unspecified atom stereocenters. The standard InChI is InChI=1S/C28H28ClN11O/c1-17-18(3-6-26(33-17)38-12-20-7-21(20)13-38)14-39-15-24(27(34-39)22-10-32-37(2)11-22)28(41)30-9-19-8-23(29)4-5-25(19)40-16-31-35-36-40/h3-6,8,10-11,15-16,20-21H,7,9,12-14H2,1-2H3,(H,30,41). The van der Waals surface area contributed by atoms with Crippen LogP contribution >= 0.6 is 11.6 Å². The van der Waals surface area contributed by atoms with Crippen LogP contribution in [0.1, 0.15) is 33.6 Å². The molecular formula is C28H28ClN11O. The molecule has 1 aliphatic heterocycles. The molecule has 0 bridgehead atoms. The zero-order valence-electron chi connectivity index (χ0n) is 22.6. The third-order valence-corrected chi connectivity index (χ3v) is 8.11. The molecule has 208 valence electrons. The molecule has 2 aliphatic rings. The van der Waals surface area contributed by atoms with Crippen LogP contribution in [0, 0.1) is 18.8 Å². The number of hydrogen-bond donors (Lipinski definition) is 1. The maximum absolute atomic E-state index is 13.6.